The van der Waals surface area contributed by atoms with Crippen molar-refractivity contribution in [3.63, 3.8) is 0 Å². The summed E-state index contributed by atoms with van der Waals surface area (Å²) in [5.41, 5.74) is -0.667. The molecule has 0 amide bonds. The molecular weight excluding hydrogens is 242 g/mol. The number of hydrogen-bond acceptors (Lipinski definition) is 3. The van der Waals surface area contributed by atoms with Gasteiger partial charge in [0.1, 0.15) is 0 Å². The average molecular weight is 269 g/mol. The molecule has 0 saturated heterocycles. The molecular formula is C15H27NO3. The number of likely N-dealkylation sites (N-methyl/N-ethyl adjacent to an activating group) is 1. The van der Waals surface area contributed by atoms with Crippen molar-refractivity contribution < 1.29 is 15.0 Å². The summed E-state index contributed by atoms with van der Waals surface area (Å²) in [4.78, 5) is 13.2. The first-order valence-corrected chi connectivity index (χ1v) is 7.62. The van der Waals surface area contributed by atoms with Crippen LogP contribution in [0.2, 0.25) is 0 Å². The number of aliphatic carboxylic acids is 1. The predicted octanol–water partition coefficient (Wildman–Crippen LogP) is 2.11. The number of carboxylic acid groups (broad SMARTS) is 1. The summed E-state index contributed by atoms with van der Waals surface area (Å²) in [6, 6.07) is 0. The monoisotopic (exact) mass is 269 g/mol. The molecule has 0 aliphatic heterocycles. The Bertz CT molecular complexity index is 305. The molecule has 0 unspecified atom stereocenters. The third-order valence-corrected chi connectivity index (χ3v) is 4.87. The largest absolute Gasteiger partial charge is 0.481 e. The van der Waals surface area contributed by atoms with E-state index in [2.05, 4.69) is 11.9 Å². The first-order valence-electron chi connectivity index (χ1n) is 7.62. The van der Waals surface area contributed by atoms with E-state index in [9.17, 15) is 9.90 Å². The molecule has 19 heavy (non-hydrogen) atoms. The van der Waals surface area contributed by atoms with E-state index in [-0.39, 0.29) is 5.92 Å². The summed E-state index contributed by atoms with van der Waals surface area (Å²) >= 11 is 0. The molecule has 0 atom stereocenters. The van der Waals surface area contributed by atoms with E-state index < -0.39 is 11.6 Å². The molecule has 2 aliphatic rings. The SMILES string of the molecule is CN(CC1CCCC1)CC1(O)CCC(C(=O)O)CC1. The number of nitrogens with zero attached hydrogens (tertiary/aromatic N) is 1. The van der Waals surface area contributed by atoms with Gasteiger partial charge in [-0.3, -0.25) is 4.79 Å². The van der Waals surface area contributed by atoms with Gasteiger partial charge in [0.05, 0.1) is 11.5 Å². The van der Waals surface area contributed by atoms with Crippen LogP contribution in [0.3, 0.4) is 0 Å². The van der Waals surface area contributed by atoms with Crippen LogP contribution in [-0.4, -0.2) is 46.8 Å². The molecule has 0 radical (unpaired) electrons. The number of hydrogen-bond donors (Lipinski definition) is 2. The minimum Gasteiger partial charge on any atom is -0.481 e. The van der Waals surface area contributed by atoms with Gasteiger partial charge in [0, 0.05) is 13.1 Å². The third-order valence-electron chi connectivity index (χ3n) is 4.87. The Kier molecular flexibility index (Phi) is 4.85. The number of carbonyl (C=O) groups is 1. The van der Waals surface area contributed by atoms with E-state index in [0.717, 1.165) is 12.5 Å². The molecule has 2 saturated carbocycles. The second-order valence-corrected chi connectivity index (χ2v) is 6.68. The summed E-state index contributed by atoms with van der Waals surface area (Å²) in [5.74, 6) is -0.161. The molecule has 0 heterocycles. The molecule has 0 aromatic heterocycles. The lowest BCUT2D eigenvalue weighted by Crippen LogP contribution is -2.46. The summed E-state index contributed by atoms with van der Waals surface area (Å²) in [7, 11) is 2.08. The topological polar surface area (TPSA) is 60.8 Å². The Hall–Kier alpha value is -0.610. The van der Waals surface area contributed by atoms with E-state index in [0.29, 0.717) is 32.2 Å². The smallest absolute Gasteiger partial charge is 0.306 e. The van der Waals surface area contributed by atoms with Gasteiger partial charge in [-0.1, -0.05) is 12.8 Å². The van der Waals surface area contributed by atoms with Crippen molar-refractivity contribution >= 4 is 5.97 Å². The van der Waals surface area contributed by atoms with Gasteiger partial charge in [-0.25, -0.2) is 0 Å². The number of rotatable bonds is 5. The first-order chi connectivity index (χ1) is 8.98. The van der Waals surface area contributed by atoms with Crippen molar-refractivity contribution in [3.05, 3.63) is 0 Å². The lowest BCUT2D eigenvalue weighted by molar-refractivity contribution is -0.145. The van der Waals surface area contributed by atoms with Gasteiger partial charge in [-0.2, -0.15) is 0 Å². The second kappa shape index (κ2) is 6.23. The lowest BCUT2D eigenvalue weighted by atomic mass is 9.78. The fraction of sp³-hybridized carbons (Fsp3) is 0.933. The highest BCUT2D eigenvalue weighted by atomic mass is 16.4. The third kappa shape index (κ3) is 4.18. The minimum atomic E-state index is -0.707. The Morgan fingerprint density at radius 3 is 2.32 bits per heavy atom. The van der Waals surface area contributed by atoms with Gasteiger partial charge in [0.25, 0.3) is 0 Å². The predicted molar refractivity (Wildman–Crippen MR) is 74.0 cm³/mol. The molecule has 2 fully saturated rings. The van der Waals surface area contributed by atoms with E-state index in [1.54, 1.807) is 0 Å². The van der Waals surface area contributed by atoms with E-state index in [1.807, 2.05) is 0 Å². The van der Waals surface area contributed by atoms with Gasteiger partial charge in [0.15, 0.2) is 0 Å². The molecule has 0 spiro atoms. The zero-order valence-electron chi connectivity index (χ0n) is 12.0. The highest BCUT2D eigenvalue weighted by Crippen LogP contribution is 2.33. The van der Waals surface area contributed by atoms with Crippen LogP contribution in [-0.2, 0) is 4.79 Å². The van der Waals surface area contributed by atoms with Crippen molar-refractivity contribution in [1.82, 2.24) is 4.90 Å². The zero-order valence-corrected chi connectivity index (χ0v) is 12.0. The summed E-state index contributed by atoms with van der Waals surface area (Å²) in [6.45, 7) is 1.76. The maximum absolute atomic E-state index is 10.9. The molecule has 2 rings (SSSR count). The van der Waals surface area contributed by atoms with Crippen molar-refractivity contribution in [1.29, 1.82) is 0 Å². The number of aliphatic hydroxyl groups is 1. The Morgan fingerprint density at radius 1 is 1.21 bits per heavy atom. The maximum Gasteiger partial charge on any atom is 0.306 e. The Balaban J connectivity index is 1.76. The van der Waals surface area contributed by atoms with Gasteiger partial charge >= 0.3 is 5.97 Å². The average Bonchev–Trinajstić information content (AvgIpc) is 2.81. The van der Waals surface area contributed by atoms with Crippen LogP contribution in [0.1, 0.15) is 51.4 Å². The lowest BCUT2D eigenvalue weighted by Gasteiger charge is -2.38. The summed E-state index contributed by atoms with van der Waals surface area (Å²) < 4.78 is 0. The van der Waals surface area contributed by atoms with Crippen molar-refractivity contribution in [2.24, 2.45) is 11.8 Å². The van der Waals surface area contributed by atoms with Crippen LogP contribution in [0.25, 0.3) is 0 Å². The van der Waals surface area contributed by atoms with E-state index >= 15 is 0 Å². The summed E-state index contributed by atoms with van der Waals surface area (Å²) in [6.07, 6.45) is 7.82. The Morgan fingerprint density at radius 2 is 1.79 bits per heavy atom. The van der Waals surface area contributed by atoms with Crippen molar-refractivity contribution in [3.8, 4) is 0 Å². The molecule has 110 valence electrons. The number of carboxylic acids is 1. The fourth-order valence-electron chi connectivity index (χ4n) is 3.76. The van der Waals surface area contributed by atoms with Gasteiger partial charge in [0.2, 0.25) is 0 Å². The van der Waals surface area contributed by atoms with Crippen molar-refractivity contribution in [2.75, 3.05) is 20.1 Å². The minimum absolute atomic E-state index is 0.250. The normalized spacial score (nSPS) is 32.9. The summed E-state index contributed by atoms with van der Waals surface area (Å²) in [5, 5.41) is 19.6. The maximum atomic E-state index is 10.9. The van der Waals surface area contributed by atoms with Crippen LogP contribution in [0.5, 0.6) is 0 Å². The van der Waals surface area contributed by atoms with Crippen LogP contribution in [0, 0.1) is 11.8 Å². The second-order valence-electron chi connectivity index (χ2n) is 6.68. The molecule has 4 heteroatoms. The van der Waals surface area contributed by atoms with E-state index in [4.69, 9.17) is 5.11 Å². The molecule has 4 nitrogen and oxygen atoms in total. The highest BCUT2D eigenvalue weighted by molar-refractivity contribution is 5.70. The molecule has 2 N–H and O–H groups in total. The molecule has 0 bridgehead atoms. The molecule has 2 aliphatic carbocycles. The fourth-order valence-corrected chi connectivity index (χ4v) is 3.76. The van der Waals surface area contributed by atoms with Gasteiger partial charge in [-0.15, -0.1) is 0 Å². The van der Waals surface area contributed by atoms with Gasteiger partial charge < -0.3 is 15.1 Å². The molecule has 0 aromatic rings. The van der Waals surface area contributed by atoms with Crippen LogP contribution in [0.15, 0.2) is 0 Å². The Labute approximate surface area is 115 Å². The van der Waals surface area contributed by atoms with Crippen LogP contribution >= 0.6 is 0 Å². The van der Waals surface area contributed by atoms with Crippen LogP contribution < -0.4 is 0 Å². The standard InChI is InChI=1S/C15H27NO3/c1-16(10-12-4-2-3-5-12)11-15(19)8-6-13(7-9-15)14(17)18/h12-13,19H,2-11H2,1H3,(H,17,18). The zero-order chi connectivity index (χ0) is 13.9. The highest BCUT2D eigenvalue weighted by Gasteiger charge is 2.36. The quantitative estimate of drug-likeness (QED) is 0.802. The van der Waals surface area contributed by atoms with Crippen molar-refractivity contribution in [2.45, 2.75) is 57.0 Å². The van der Waals surface area contributed by atoms with E-state index in [1.165, 1.54) is 25.7 Å². The molecule has 0 aromatic carbocycles. The van der Waals surface area contributed by atoms with Crippen LogP contribution in [0.4, 0.5) is 0 Å². The first kappa shape index (κ1) is 14.8. The van der Waals surface area contributed by atoms with Gasteiger partial charge in [-0.05, 0) is 51.5 Å².